The van der Waals surface area contributed by atoms with E-state index < -0.39 is 0 Å². The average molecular weight is 306 g/mol. The van der Waals surface area contributed by atoms with Crippen molar-refractivity contribution >= 4 is 46.1 Å². The first-order valence-corrected chi connectivity index (χ1v) is 7.16. The van der Waals surface area contributed by atoms with Crippen molar-refractivity contribution in [3.05, 3.63) is 55.2 Å². The molecule has 0 N–H and O–H groups in total. The molecule has 0 saturated heterocycles. The number of halogens is 3. The van der Waals surface area contributed by atoms with Crippen LogP contribution < -0.4 is 0 Å². The van der Waals surface area contributed by atoms with Gasteiger partial charge in [0.05, 0.1) is 5.38 Å². The normalized spacial score (nSPS) is 12.8. The molecule has 0 radical (unpaired) electrons. The van der Waals surface area contributed by atoms with Crippen LogP contribution in [0, 0.1) is 13.8 Å². The van der Waals surface area contributed by atoms with Crippen LogP contribution >= 0.6 is 46.1 Å². The van der Waals surface area contributed by atoms with Gasteiger partial charge in [-0.1, -0.05) is 29.3 Å². The van der Waals surface area contributed by atoms with E-state index in [9.17, 15) is 0 Å². The summed E-state index contributed by atoms with van der Waals surface area (Å²) in [6, 6.07) is 7.53. The quantitative estimate of drug-likeness (QED) is 0.597. The number of aryl methyl sites for hydroxylation is 2. The first-order chi connectivity index (χ1) is 7.99. The van der Waals surface area contributed by atoms with Gasteiger partial charge in [-0.25, -0.2) is 0 Å². The zero-order chi connectivity index (χ0) is 12.6. The summed E-state index contributed by atoms with van der Waals surface area (Å²) < 4.78 is 0. The van der Waals surface area contributed by atoms with Crippen LogP contribution in [0.2, 0.25) is 10.0 Å². The lowest BCUT2D eigenvalue weighted by atomic mass is 10.0. The Bertz CT molecular complexity index is 546. The van der Waals surface area contributed by atoms with Gasteiger partial charge in [0.2, 0.25) is 0 Å². The van der Waals surface area contributed by atoms with E-state index in [1.807, 2.05) is 12.1 Å². The average Bonchev–Trinajstić information content (AvgIpc) is 2.57. The Labute approximate surface area is 120 Å². The van der Waals surface area contributed by atoms with Gasteiger partial charge < -0.3 is 0 Å². The van der Waals surface area contributed by atoms with Gasteiger partial charge in [-0.05, 0) is 43.2 Å². The summed E-state index contributed by atoms with van der Waals surface area (Å²) in [5, 5.41) is 1.02. The van der Waals surface area contributed by atoms with Crippen LogP contribution in [0.15, 0.2) is 24.3 Å². The fourth-order valence-corrected chi connectivity index (χ4v) is 3.80. The second-order valence-corrected chi connectivity index (χ2v) is 6.64. The van der Waals surface area contributed by atoms with Gasteiger partial charge in [-0.2, -0.15) is 0 Å². The van der Waals surface area contributed by atoms with Crippen molar-refractivity contribution in [2.45, 2.75) is 19.2 Å². The van der Waals surface area contributed by atoms with Gasteiger partial charge in [-0.15, -0.1) is 22.9 Å². The summed E-state index contributed by atoms with van der Waals surface area (Å²) in [5.74, 6) is 0. The molecule has 0 bridgehead atoms. The van der Waals surface area contributed by atoms with E-state index in [1.54, 1.807) is 17.4 Å². The van der Waals surface area contributed by atoms with Crippen molar-refractivity contribution in [2.24, 2.45) is 0 Å². The maximum absolute atomic E-state index is 6.49. The second-order valence-electron chi connectivity index (χ2n) is 3.90. The van der Waals surface area contributed by atoms with Crippen molar-refractivity contribution in [1.29, 1.82) is 0 Å². The maximum Gasteiger partial charge on any atom is 0.0860 e. The lowest BCUT2D eigenvalue weighted by molar-refractivity contribution is 1.13. The zero-order valence-electron chi connectivity index (χ0n) is 9.43. The molecule has 1 heterocycles. The Hall–Kier alpha value is -0.210. The van der Waals surface area contributed by atoms with Gasteiger partial charge >= 0.3 is 0 Å². The van der Waals surface area contributed by atoms with Crippen molar-refractivity contribution in [3.63, 3.8) is 0 Å². The summed E-state index contributed by atoms with van der Waals surface area (Å²) in [5.41, 5.74) is 2.03. The Balaban J connectivity index is 2.43. The van der Waals surface area contributed by atoms with Crippen LogP contribution in [0.3, 0.4) is 0 Å². The van der Waals surface area contributed by atoms with Crippen LogP contribution in [0.25, 0.3) is 0 Å². The van der Waals surface area contributed by atoms with Gasteiger partial charge in [0, 0.05) is 19.8 Å². The molecule has 1 aromatic carbocycles. The highest BCUT2D eigenvalue weighted by molar-refractivity contribution is 7.12. The molecule has 2 aromatic rings. The van der Waals surface area contributed by atoms with Crippen molar-refractivity contribution < 1.29 is 0 Å². The van der Waals surface area contributed by atoms with Gasteiger partial charge in [0.15, 0.2) is 0 Å². The largest absolute Gasteiger partial charge is 0.146 e. The first-order valence-electron chi connectivity index (χ1n) is 5.15. The summed E-state index contributed by atoms with van der Waals surface area (Å²) in [6.45, 7) is 4.15. The highest BCUT2D eigenvalue weighted by atomic mass is 35.5. The van der Waals surface area contributed by atoms with Crippen LogP contribution in [0.4, 0.5) is 0 Å². The van der Waals surface area contributed by atoms with Crippen LogP contribution in [0.5, 0.6) is 0 Å². The summed E-state index contributed by atoms with van der Waals surface area (Å²) in [4.78, 5) is 2.49. The Morgan fingerprint density at radius 3 is 2.29 bits per heavy atom. The van der Waals surface area contributed by atoms with Crippen molar-refractivity contribution in [3.8, 4) is 0 Å². The molecule has 0 nitrogen and oxygen atoms in total. The number of alkyl halides is 1. The van der Waals surface area contributed by atoms with E-state index in [-0.39, 0.29) is 5.38 Å². The molecule has 2 rings (SSSR count). The minimum Gasteiger partial charge on any atom is -0.146 e. The van der Waals surface area contributed by atoms with E-state index in [0.717, 1.165) is 11.1 Å². The minimum atomic E-state index is -0.218. The Morgan fingerprint density at radius 2 is 1.76 bits per heavy atom. The van der Waals surface area contributed by atoms with Crippen LogP contribution in [-0.2, 0) is 0 Å². The molecule has 0 aliphatic carbocycles. The Kier molecular flexibility index (Phi) is 4.04. The third-order valence-electron chi connectivity index (χ3n) is 2.59. The maximum atomic E-state index is 6.49. The highest BCUT2D eigenvalue weighted by Crippen LogP contribution is 2.38. The molecular weight excluding hydrogens is 295 g/mol. The summed E-state index contributed by atoms with van der Waals surface area (Å²) >= 11 is 20.3. The smallest absolute Gasteiger partial charge is 0.0860 e. The van der Waals surface area contributed by atoms with Crippen molar-refractivity contribution in [1.82, 2.24) is 0 Å². The minimum absolute atomic E-state index is 0.218. The highest BCUT2D eigenvalue weighted by Gasteiger charge is 2.18. The van der Waals surface area contributed by atoms with E-state index >= 15 is 0 Å². The number of hydrogen-bond acceptors (Lipinski definition) is 1. The molecule has 1 unspecified atom stereocenters. The van der Waals surface area contributed by atoms with Gasteiger partial charge in [0.25, 0.3) is 0 Å². The molecular formula is C13H11Cl3S. The van der Waals surface area contributed by atoms with Crippen LogP contribution in [-0.4, -0.2) is 0 Å². The molecule has 0 fully saturated rings. The zero-order valence-corrected chi connectivity index (χ0v) is 12.5. The number of rotatable bonds is 2. The molecule has 0 saturated carbocycles. The van der Waals surface area contributed by atoms with E-state index in [2.05, 4.69) is 19.9 Å². The fourth-order valence-electron chi connectivity index (χ4n) is 1.78. The first kappa shape index (κ1) is 13.2. The molecule has 17 heavy (non-hydrogen) atoms. The number of hydrogen-bond donors (Lipinski definition) is 0. The van der Waals surface area contributed by atoms with Gasteiger partial charge in [-0.3, -0.25) is 0 Å². The predicted molar refractivity (Wildman–Crippen MR) is 78.0 cm³/mol. The predicted octanol–water partition coefficient (Wildman–Crippen LogP) is 6.00. The SMILES string of the molecule is Cc1cc(C(Cl)c2ccc(Cl)cc2Cl)c(C)s1. The summed E-state index contributed by atoms with van der Waals surface area (Å²) in [6.07, 6.45) is 0. The molecule has 4 heteroatoms. The summed E-state index contributed by atoms with van der Waals surface area (Å²) in [7, 11) is 0. The van der Waals surface area contributed by atoms with E-state index in [0.29, 0.717) is 10.0 Å². The number of thiophene rings is 1. The van der Waals surface area contributed by atoms with Gasteiger partial charge in [0.1, 0.15) is 0 Å². The topological polar surface area (TPSA) is 0 Å². The third-order valence-corrected chi connectivity index (χ3v) is 4.60. The second kappa shape index (κ2) is 5.19. The standard InChI is InChI=1S/C13H11Cl3S/c1-7-5-11(8(2)17-7)13(16)10-4-3-9(14)6-12(10)15/h3-6,13H,1-2H3. The Morgan fingerprint density at radius 1 is 1.06 bits per heavy atom. The lowest BCUT2D eigenvalue weighted by Gasteiger charge is -2.11. The molecule has 0 spiro atoms. The molecule has 0 aliphatic heterocycles. The van der Waals surface area contributed by atoms with E-state index in [4.69, 9.17) is 34.8 Å². The fraction of sp³-hybridized carbons (Fsp3) is 0.231. The van der Waals surface area contributed by atoms with Crippen molar-refractivity contribution in [2.75, 3.05) is 0 Å². The third kappa shape index (κ3) is 2.79. The molecule has 0 amide bonds. The molecule has 90 valence electrons. The lowest BCUT2D eigenvalue weighted by Crippen LogP contribution is -1.94. The number of benzene rings is 1. The molecule has 1 atom stereocenters. The molecule has 0 aliphatic rings. The molecule has 1 aromatic heterocycles. The monoisotopic (exact) mass is 304 g/mol. The van der Waals surface area contributed by atoms with Crippen LogP contribution in [0.1, 0.15) is 26.3 Å². The van der Waals surface area contributed by atoms with E-state index in [1.165, 1.54) is 9.75 Å².